The lowest BCUT2D eigenvalue weighted by Gasteiger charge is -2.19. The van der Waals surface area contributed by atoms with Gasteiger partial charge in [0.25, 0.3) is 5.91 Å². The molecule has 0 saturated heterocycles. The number of carbonyl (C=O) groups excluding carboxylic acids is 1. The number of amides is 1. The molecule has 2 rings (SSSR count). The molecule has 0 heterocycles. The van der Waals surface area contributed by atoms with Gasteiger partial charge >= 0.3 is 0 Å². The quantitative estimate of drug-likeness (QED) is 0.822. The second kappa shape index (κ2) is 8.27. The van der Waals surface area contributed by atoms with Crippen molar-refractivity contribution in [2.24, 2.45) is 0 Å². The summed E-state index contributed by atoms with van der Waals surface area (Å²) in [6.07, 6.45) is 0. The van der Waals surface area contributed by atoms with Crippen molar-refractivity contribution in [3.63, 3.8) is 0 Å². The molecule has 0 aromatic heterocycles. The van der Waals surface area contributed by atoms with Crippen LogP contribution in [0.1, 0.15) is 28.4 Å². The maximum Gasteiger partial charge on any atom is 0.253 e. The molecule has 0 radical (unpaired) electrons. The molecule has 0 spiro atoms. The number of aliphatic hydroxyl groups is 1. The van der Waals surface area contributed by atoms with Gasteiger partial charge in [0.05, 0.1) is 17.3 Å². The lowest BCUT2D eigenvalue weighted by Crippen LogP contribution is -2.33. The highest BCUT2D eigenvalue weighted by molar-refractivity contribution is 7.90. The summed E-state index contributed by atoms with van der Waals surface area (Å²) < 4.78 is 24.9. The van der Waals surface area contributed by atoms with Gasteiger partial charge in [-0.2, -0.15) is 0 Å². The van der Waals surface area contributed by atoms with Crippen LogP contribution in [0.25, 0.3) is 0 Å². The molecule has 6 heteroatoms. The van der Waals surface area contributed by atoms with Crippen molar-refractivity contribution in [2.45, 2.75) is 24.5 Å². The van der Waals surface area contributed by atoms with E-state index in [-0.39, 0.29) is 24.8 Å². The zero-order valence-corrected chi connectivity index (χ0v) is 15.3. The number of benzene rings is 2. The van der Waals surface area contributed by atoms with Gasteiger partial charge in [0.1, 0.15) is 0 Å². The van der Waals surface area contributed by atoms with Crippen molar-refractivity contribution in [1.29, 1.82) is 0 Å². The molecule has 0 aliphatic carbocycles. The van der Waals surface area contributed by atoms with E-state index in [1.807, 2.05) is 13.8 Å². The van der Waals surface area contributed by atoms with Gasteiger partial charge in [0, 0.05) is 18.7 Å². The maximum absolute atomic E-state index is 12.5. The van der Waals surface area contributed by atoms with Crippen molar-refractivity contribution in [1.82, 2.24) is 4.90 Å². The first-order valence-electron chi connectivity index (χ1n) is 8.16. The molecule has 0 saturated carbocycles. The van der Waals surface area contributed by atoms with E-state index in [0.29, 0.717) is 22.6 Å². The number of nitrogens with zero attached hydrogens (tertiary/aromatic N) is 1. The molecular formula is C19H23NO4S. The van der Waals surface area contributed by atoms with Gasteiger partial charge in [-0.15, -0.1) is 0 Å². The SMILES string of the molecule is CCN(CCO)C(=O)c1ccc(CS(=O)(=O)c2ccc(C)cc2)cc1. The lowest BCUT2D eigenvalue weighted by atomic mass is 10.1. The number of sulfone groups is 1. The third kappa shape index (κ3) is 4.90. The molecule has 2 aromatic rings. The normalized spacial score (nSPS) is 11.3. The fraction of sp³-hybridized carbons (Fsp3) is 0.316. The summed E-state index contributed by atoms with van der Waals surface area (Å²) >= 11 is 0. The first-order valence-corrected chi connectivity index (χ1v) is 9.81. The largest absolute Gasteiger partial charge is 0.395 e. The minimum absolute atomic E-state index is 0.0908. The average molecular weight is 361 g/mol. The number of aryl methyl sites for hydroxylation is 1. The molecule has 5 nitrogen and oxygen atoms in total. The Labute approximate surface area is 148 Å². The molecule has 0 unspecified atom stereocenters. The molecule has 0 aliphatic rings. The van der Waals surface area contributed by atoms with Crippen LogP contribution in [0.3, 0.4) is 0 Å². The van der Waals surface area contributed by atoms with E-state index in [2.05, 4.69) is 0 Å². The van der Waals surface area contributed by atoms with Crippen LogP contribution in [0.2, 0.25) is 0 Å². The van der Waals surface area contributed by atoms with Crippen LogP contribution in [0.5, 0.6) is 0 Å². The topological polar surface area (TPSA) is 74.7 Å². The van der Waals surface area contributed by atoms with Gasteiger partial charge in [0.15, 0.2) is 9.84 Å². The van der Waals surface area contributed by atoms with Gasteiger partial charge in [0.2, 0.25) is 0 Å². The molecule has 0 fully saturated rings. The van der Waals surface area contributed by atoms with E-state index in [1.54, 1.807) is 48.5 Å². The number of likely N-dealkylation sites (N-methyl/N-ethyl adjacent to an activating group) is 1. The lowest BCUT2D eigenvalue weighted by molar-refractivity contribution is 0.0732. The zero-order valence-electron chi connectivity index (χ0n) is 14.5. The van der Waals surface area contributed by atoms with E-state index in [4.69, 9.17) is 5.11 Å². The highest BCUT2D eigenvalue weighted by atomic mass is 32.2. The monoisotopic (exact) mass is 361 g/mol. The Hall–Kier alpha value is -2.18. The Balaban J connectivity index is 2.14. The van der Waals surface area contributed by atoms with Crippen LogP contribution >= 0.6 is 0 Å². The Morgan fingerprint density at radius 3 is 2.16 bits per heavy atom. The number of aliphatic hydroxyl groups excluding tert-OH is 1. The predicted molar refractivity (Wildman–Crippen MR) is 97.2 cm³/mol. The summed E-state index contributed by atoms with van der Waals surface area (Å²) in [6, 6.07) is 13.3. The molecule has 0 bridgehead atoms. The molecule has 134 valence electrons. The first-order chi connectivity index (χ1) is 11.9. The van der Waals surface area contributed by atoms with Gasteiger partial charge in [-0.25, -0.2) is 8.42 Å². The van der Waals surface area contributed by atoms with Crippen LogP contribution in [0.4, 0.5) is 0 Å². The molecule has 1 amide bonds. The van der Waals surface area contributed by atoms with E-state index >= 15 is 0 Å². The summed E-state index contributed by atoms with van der Waals surface area (Å²) in [7, 11) is -3.42. The predicted octanol–water partition coefficient (Wildman–Crippen LogP) is 2.42. The van der Waals surface area contributed by atoms with E-state index < -0.39 is 9.84 Å². The number of carbonyl (C=O) groups is 1. The van der Waals surface area contributed by atoms with Gasteiger partial charge in [-0.1, -0.05) is 29.8 Å². The van der Waals surface area contributed by atoms with Crippen molar-refractivity contribution in [3.8, 4) is 0 Å². The summed E-state index contributed by atoms with van der Waals surface area (Å²) in [4.78, 5) is 14.1. The minimum atomic E-state index is -3.42. The number of rotatable bonds is 7. The van der Waals surface area contributed by atoms with E-state index in [1.165, 1.54) is 4.90 Å². The molecule has 1 N–H and O–H groups in total. The zero-order chi connectivity index (χ0) is 18.4. The highest BCUT2D eigenvalue weighted by Gasteiger charge is 2.17. The molecule has 0 atom stereocenters. The summed E-state index contributed by atoms with van der Waals surface area (Å²) in [5, 5.41) is 9.00. The van der Waals surface area contributed by atoms with Crippen molar-refractivity contribution < 1.29 is 18.3 Å². The highest BCUT2D eigenvalue weighted by Crippen LogP contribution is 2.18. The van der Waals surface area contributed by atoms with Crippen LogP contribution in [-0.2, 0) is 15.6 Å². The Bertz CT molecular complexity index is 812. The molecule has 0 aliphatic heterocycles. The second-order valence-corrected chi connectivity index (χ2v) is 7.87. The molecule has 25 heavy (non-hydrogen) atoms. The van der Waals surface area contributed by atoms with Crippen LogP contribution in [-0.4, -0.2) is 44.0 Å². The van der Waals surface area contributed by atoms with Crippen molar-refractivity contribution in [2.75, 3.05) is 19.7 Å². The van der Waals surface area contributed by atoms with Crippen LogP contribution < -0.4 is 0 Å². The fourth-order valence-electron chi connectivity index (χ4n) is 2.50. The van der Waals surface area contributed by atoms with E-state index in [0.717, 1.165) is 5.56 Å². The van der Waals surface area contributed by atoms with Crippen LogP contribution in [0.15, 0.2) is 53.4 Å². The third-order valence-corrected chi connectivity index (χ3v) is 5.68. The molecule has 2 aromatic carbocycles. The van der Waals surface area contributed by atoms with Crippen LogP contribution in [0, 0.1) is 6.92 Å². The van der Waals surface area contributed by atoms with Crippen molar-refractivity contribution in [3.05, 3.63) is 65.2 Å². The fourth-order valence-corrected chi connectivity index (χ4v) is 3.85. The van der Waals surface area contributed by atoms with Gasteiger partial charge < -0.3 is 10.0 Å². The Morgan fingerprint density at radius 2 is 1.64 bits per heavy atom. The maximum atomic E-state index is 12.5. The third-order valence-electron chi connectivity index (χ3n) is 3.98. The Kier molecular flexibility index (Phi) is 6.33. The average Bonchev–Trinajstić information content (AvgIpc) is 2.60. The standard InChI is InChI=1S/C19H23NO4S/c1-3-20(12-13-21)19(22)17-8-6-16(7-9-17)14-25(23,24)18-10-4-15(2)5-11-18/h4-11,21H,3,12-14H2,1-2H3. The second-order valence-electron chi connectivity index (χ2n) is 5.88. The first kappa shape index (κ1) is 19.1. The van der Waals surface area contributed by atoms with Gasteiger partial charge in [-0.3, -0.25) is 4.79 Å². The van der Waals surface area contributed by atoms with Gasteiger partial charge in [-0.05, 0) is 43.7 Å². The number of hydrogen-bond donors (Lipinski definition) is 1. The Morgan fingerprint density at radius 1 is 1.04 bits per heavy atom. The van der Waals surface area contributed by atoms with Crippen molar-refractivity contribution >= 4 is 15.7 Å². The van der Waals surface area contributed by atoms with E-state index in [9.17, 15) is 13.2 Å². The number of hydrogen-bond acceptors (Lipinski definition) is 4. The minimum Gasteiger partial charge on any atom is -0.395 e. The summed E-state index contributed by atoms with van der Waals surface area (Å²) in [5.41, 5.74) is 2.11. The summed E-state index contributed by atoms with van der Waals surface area (Å²) in [5.74, 6) is -0.289. The smallest absolute Gasteiger partial charge is 0.253 e. The summed E-state index contributed by atoms with van der Waals surface area (Å²) in [6.45, 7) is 4.44. The molecular weight excluding hydrogens is 338 g/mol.